The quantitative estimate of drug-likeness (QED) is 0.703. The van der Waals surface area contributed by atoms with E-state index in [4.69, 9.17) is 0 Å². The van der Waals surface area contributed by atoms with E-state index in [0.29, 0.717) is 15.9 Å². The van der Waals surface area contributed by atoms with Crippen molar-refractivity contribution in [3.8, 4) is 6.07 Å². The monoisotopic (exact) mass is 357 g/mol. The first-order valence-corrected chi connectivity index (χ1v) is 7.36. The number of aryl methyl sites for hydroxylation is 2. The van der Waals surface area contributed by atoms with Crippen LogP contribution in [0, 0.1) is 11.3 Å². The summed E-state index contributed by atoms with van der Waals surface area (Å²) in [7, 11) is 3.42. The Hall–Kier alpha value is -2.46. The van der Waals surface area contributed by atoms with Gasteiger partial charge in [-0.05, 0) is 28.1 Å². The van der Waals surface area contributed by atoms with Gasteiger partial charge in [0.2, 0.25) is 0 Å². The number of fused-ring (bicyclic) bond motifs is 1. The highest BCUT2D eigenvalue weighted by Crippen LogP contribution is 2.29. The van der Waals surface area contributed by atoms with E-state index in [2.05, 4.69) is 32.1 Å². The molecule has 0 bridgehead atoms. The van der Waals surface area contributed by atoms with Gasteiger partial charge in [0.15, 0.2) is 0 Å². The molecule has 0 aliphatic heterocycles. The third-order valence-corrected chi connectivity index (χ3v) is 4.42. The number of halogens is 1. The van der Waals surface area contributed by atoms with Crippen LogP contribution in [0.15, 0.2) is 39.7 Å². The Morgan fingerprint density at radius 3 is 2.73 bits per heavy atom. The van der Waals surface area contributed by atoms with Gasteiger partial charge >= 0.3 is 0 Å². The molecule has 0 amide bonds. The Morgan fingerprint density at radius 2 is 2.05 bits per heavy atom. The van der Waals surface area contributed by atoms with Crippen molar-refractivity contribution in [3.05, 3.63) is 56.7 Å². The van der Waals surface area contributed by atoms with Crippen LogP contribution in [0.2, 0.25) is 0 Å². The summed E-state index contributed by atoms with van der Waals surface area (Å²) in [5.41, 5.74) is 1.99. The highest BCUT2D eigenvalue weighted by Gasteiger charge is 2.24. The number of rotatable bonds is 2. The van der Waals surface area contributed by atoms with Crippen molar-refractivity contribution in [2.75, 3.05) is 0 Å². The molecule has 0 radical (unpaired) electrons. The molecule has 1 atom stereocenters. The summed E-state index contributed by atoms with van der Waals surface area (Å²) in [6.07, 6.45) is 1.53. The predicted molar refractivity (Wildman–Crippen MR) is 85.3 cm³/mol. The van der Waals surface area contributed by atoms with Crippen molar-refractivity contribution in [2.45, 2.75) is 5.92 Å². The van der Waals surface area contributed by atoms with Crippen molar-refractivity contribution < 1.29 is 0 Å². The summed E-state index contributed by atoms with van der Waals surface area (Å²) in [5.74, 6) is -0.0902. The fourth-order valence-corrected chi connectivity index (χ4v) is 3.00. The molecule has 1 unspecified atom stereocenters. The molecule has 0 saturated heterocycles. The average Bonchev–Trinajstić information content (AvgIpc) is 2.85. The first kappa shape index (κ1) is 14.5. The summed E-state index contributed by atoms with van der Waals surface area (Å²) in [6.45, 7) is 0. The van der Waals surface area contributed by atoms with Gasteiger partial charge in [0, 0.05) is 19.7 Å². The maximum absolute atomic E-state index is 12.0. The standard InChI is InChI=1S/C15H12BrN5O/c1-20-12-6-4-3-5-11(12)19-14(20)9(7-17)10-8-18-21(2)15(22)13(10)16/h3-6,8-9H,1-2H3. The van der Waals surface area contributed by atoms with Gasteiger partial charge in [0.25, 0.3) is 5.56 Å². The van der Waals surface area contributed by atoms with Crippen LogP contribution in [0.1, 0.15) is 17.3 Å². The Labute approximate surface area is 134 Å². The minimum atomic E-state index is -0.673. The zero-order valence-electron chi connectivity index (χ0n) is 12.0. The zero-order chi connectivity index (χ0) is 15.9. The second kappa shape index (κ2) is 5.39. The maximum atomic E-state index is 12.0. The van der Waals surface area contributed by atoms with E-state index in [1.807, 2.05) is 35.9 Å². The minimum absolute atomic E-state index is 0.281. The van der Waals surface area contributed by atoms with Crippen LogP contribution in [0.4, 0.5) is 0 Å². The van der Waals surface area contributed by atoms with Gasteiger partial charge in [-0.1, -0.05) is 12.1 Å². The van der Waals surface area contributed by atoms with Gasteiger partial charge in [-0.3, -0.25) is 4.79 Å². The van der Waals surface area contributed by atoms with Gasteiger partial charge in [-0.2, -0.15) is 10.4 Å². The van der Waals surface area contributed by atoms with E-state index >= 15 is 0 Å². The SMILES string of the molecule is Cn1ncc(C(C#N)c2nc3ccccc3n2C)c(Br)c1=O. The molecular formula is C15H12BrN5O. The van der Waals surface area contributed by atoms with E-state index in [9.17, 15) is 10.1 Å². The van der Waals surface area contributed by atoms with E-state index in [-0.39, 0.29) is 5.56 Å². The number of aromatic nitrogens is 4. The van der Waals surface area contributed by atoms with E-state index in [0.717, 1.165) is 11.0 Å². The lowest BCUT2D eigenvalue weighted by molar-refractivity contribution is 0.686. The number of hydrogen-bond donors (Lipinski definition) is 0. The molecule has 7 heteroatoms. The predicted octanol–water partition coefficient (Wildman–Crippen LogP) is 2.08. The smallest absolute Gasteiger partial charge is 0.281 e. The third kappa shape index (κ3) is 2.12. The molecule has 110 valence electrons. The van der Waals surface area contributed by atoms with Crippen LogP contribution in [-0.2, 0) is 14.1 Å². The van der Waals surface area contributed by atoms with Gasteiger partial charge in [0.05, 0.1) is 27.8 Å². The molecule has 0 aliphatic rings. The number of para-hydroxylation sites is 2. The van der Waals surface area contributed by atoms with Gasteiger partial charge in [-0.25, -0.2) is 9.67 Å². The Kier molecular flexibility index (Phi) is 3.54. The molecule has 0 N–H and O–H groups in total. The largest absolute Gasteiger partial charge is 0.330 e. The maximum Gasteiger partial charge on any atom is 0.281 e. The van der Waals surface area contributed by atoms with Crippen LogP contribution in [0.3, 0.4) is 0 Å². The van der Waals surface area contributed by atoms with Crippen molar-refractivity contribution in [3.63, 3.8) is 0 Å². The molecule has 0 spiro atoms. The Morgan fingerprint density at radius 1 is 1.32 bits per heavy atom. The van der Waals surface area contributed by atoms with Gasteiger partial charge < -0.3 is 4.57 Å². The Bertz CT molecular complexity index is 966. The van der Waals surface area contributed by atoms with E-state index < -0.39 is 5.92 Å². The molecule has 3 aromatic rings. The number of nitrogens with zero attached hydrogens (tertiary/aromatic N) is 5. The molecule has 1 aromatic carbocycles. The highest BCUT2D eigenvalue weighted by atomic mass is 79.9. The molecule has 0 aliphatic carbocycles. The summed E-state index contributed by atoms with van der Waals surface area (Å²) < 4.78 is 3.42. The molecule has 22 heavy (non-hydrogen) atoms. The van der Waals surface area contributed by atoms with Crippen LogP contribution < -0.4 is 5.56 Å². The van der Waals surface area contributed by atoms with Gasteiger partial charge in [0.1, 0.15) is 11.7 Å². The zero-order valence-corrected chi connectivity index (χ0v) is 13.6. The Balaban J connectivity index is 2.24. The number of nitriles is 1. The second-order valence-corrected chi connectivity index (χ2v) is 5.72. The lowest BCUT2D eigenvalue weighted by Crippen LogP contribution is -2.23. The molecule has 2 aromatic heterocycles. The first-order valence-electron chi connectivity index (χ1n) is 6.57. The van der Waals surface area contributed by atoms with Crippen molar-refractivity contribution >= 4 is 27.0 Å². The summed E-state index contributed by atoms with van der Waals surface area (Å²) >= 11 is 3.28. The first-order chi connectivity index (χ1) is 10.5. The van der Waals surface area contributed by atoms with Crippen LogP contribution in [-0.4, -0.2) is 19.3 Å². The van der Waals surface area contributed by atoms with Crippen LogP contribution >= 0.6 is 15.9 Å². The molecular weight excluding hydrogens is 346 g/mol. The van der Waals surface area contributed by atoms with Crippen molar-refractivity contribution in [1.29, 1.82) is 5.26 Å². The highest BCUT2D eigenvalue weighted by molar-refractivity contribution is 9.10. The van der Waals surface area contributed by atoms with E-state index in [1.165, 1.54) is 10.9 Å². The fourth-order valence-electron chi connectivity index (χ4n) is 2.41. The lowest BCUT2D eigenvalue weighted by atomic mass is 10.0. The van der Waals surface area contributed by atoms with E-state index in [1.54, 1.807) is 7.05 Å². The minimum Gasteiger partial charge on any atom is -0.330 e. The van der Waals surface area contributed by atoms with Crippen LogP contribution in [0.5, 0.6) is 0 Å². The molecule has 0 saturated carbocycles. The van der Waals surface area contributed by atoms with Crippen LogP contribution in [0.25, 0.3) is 11.0 Å². The average molecular weight is 358 g/mol. The molecule has 3 rings (SSSR count). The van der Waals surface area contributed by atoms with Crippen molar-refractivity contribution in [2.24, 2.45) is 14.1 Å². The fraction of sp³-hybridized carbons (Fsp3) is 0.200. The second-order valence-electron chi connectivity index (χ2n) is 4.92. The summed E-state index contributed by atoms with van der Waals surface area (Å²) in [5, 5.41) is 13.6. The summed E-state index contributed by atoms with van der Waals surface area (Å²) in [6, 6.07) is 9.88. The normalized spacial score (nSPS) is 12.3. The third-order valence-electron chi connectivity index (χ3n) is 3.63. The number of hydrogen-bond acceptors (Lipinski definition) is 4. The summed E-state index contributed by atoms with van der Waals surface area (Å²) in [4.78, 5) is 16.6. The molecule has 6 nitrogen and oxygen atoms in total. The topological polar surface area (TPSA) is 76.5 Å². The lowest BCUT2D eigenvalue weighted by Gasteiger charge is -2.11. The molecule has 2 heterocycles. The number of benzene rings is 1. The number of imidazole rings is 1. The van der Waals surface area contributed by atoms with Crippen molar-refractivity contribution in [1.82, 2.24) is 19.3 Å². The van der Waals surface area contributed by atoms with Gasteiger partial charge in [-0.15, -0.1) is 0 Å². The molecule has 0 fully saturated rings.